The van der Waals surface area contributed by atoms with Crippen molar-refractivity contribution < 1.29 is 54.9 Å². The van der Waals surface area contributed by atoms with Gasteiger partial charge in [0.05, 0.1) is 30.5 Å². The monoisotopic (exact) mass is 464 g/mol. The van der Waals surface area contributed by atoms with Crippen molar-refractivity contribution in [1.29, 1.82) is 0 Å². The fourth-order valence-electron chi connectivity index (χ4n) is 3.39. The van der Waals surface area contributed by atoms with Crippen LogP contribution < -0.4 is 5.32 Å². The van der Waals surface area contributed by atoms with Gasteiger partial charge in [-0.15, -0.1) is 26.3 Å². The van der Waals surface area contributed by atoms with E-state index in [0.29, 0.717) is 0 Å². The normalized spacial score (nSPS) is 29.0. The second-order valence-electron chi connectivity index (χ2n) is 7.74. The molecule has 2 amide bonds. The third kappa shape index (κ3) is 7.77. The Bertz CT molecular complexity index is 642. The molecular formula is C17H22F6N2O6. The first-order valence-corrected chi connectivity index (χ1v) is 9.65. The van der Waals surface area contributed by atoms with Crippen LogP contribution in [0.4, 0.5) is 26.3 Å². The number of rotatable bonds is 9. The quantitative estimate of drug-likeness (QED) is 0.521. The molecule has 1 saturated heterocycles. The van der Waals surface area contributed by atoms with Crippen LogP contribution in [-0.4, -0.2) is 86.2 Å². The maximum absolute atomic E-state index is 12.0. The summed E-state index contributed by atoms with van der Waals surface area (Å²) in [5.41, 5.74) is 0. The van der Waals surface area contributed by atoms with Gasteiger partial charge in [0.25, 0.3) is 0 Å². The lowest BCUT2D eigenvalue weighted by molar-refractivity contribution is -0.358. The Hall–Kier alpha value is -1.64. The Morgan fingerprint density at radius 2 is 1.23 bits per heavy atom. The Kier molecular flexibility index (Phi) is 7.33. The first-order valence-electron chi connectivity index (χ1n) is 9.65. The van der Waals surface area contributed by atoms with Gasteiger partial charge in [-0.3, -0.25) is 19.1 Å². The van der Waals surface area contributed by atoms with Gasteiger partial charge < -0.3 is 19.7 Å². The number of hydrogen-bond donors (Lipinski definition) is 1. The molecule has 3 aliphatic rings. The SMILES string of the molecule is O=C(COC1CC(OC(F)(F)F)C1)NC1CN(C(=O)COC2CC(OC(F)(F)F)C2)C1. The van der Waals surface area contributed by atoms with Crippen LogP contribution in [0.5, 0.6) is 0 Å². The van der Waals surface area contributed by atoms with Gasteiger partial charge in [-0.25, -0.2) is 0 Å². The number of halogens is 6. The van der Waals surface area contributed by atoms with Crippen molar-refractivity contribution in [3.8, 4) is 0 Å². The summed E-state index contributed by atoms with van der Waals surface area (Å²) >= 11 is 0. The van der Waals surface area contributed by atoms with Gasteiger partial charge in [0.1, 0.15) is 13.2 Å². The Balaban J connectivity index is 1.19. The average molecular weight is 464 g/mol. The fraction of sp³-hybridized carbons (Fsp3) is 0.882. The van der Waals surface area contributed by atoms with Gasteiger partial charge in [0.15, 0.2) is 0 Å². The van der Waals surface area contributed by atoms with Crippen molar-refractivity contribution in [1.82, 2.24) is 10.2 Å². The molecule has 2 aliphatic carbocycles. The molecule has 0 unspecified atom stereocenters. The molecule has 3 rings (SSSR count). The predicted octanol–water partition coefficient (Wildman–Crippen LogP) is 1.48. The number of alkyl halides is 6. The van der Waals surface area contributed by atoms with Crippen molar-refractivity contribution in [2.75, 3.05) is 26.3 Å². The lowest BCUT2D eigenvalue weighted by Crippen LogP contribution is -2.62. The predicted molar refractivity (Wildman–Crippen MR) is 88.3 cm³/mol. The number of hydrogen-bond acceptors (Lipinski definition) is 6. The molecular weight excluding hydrogens is 442 g/mol. The average Bonchev–Trinajstić information content (AvgIpc) is 2.52. The lowest BCUT2D eigenvalue weighted by Gasteiger charge is -2.40. The zero-order chi connectivity index (χ0) is 22.8. The summed E-state index contributed by atoms with van der Waals surface area (Å²) in [6.45, 7) is -0.0670. The molecule has 31 heavy (non-hydrogen) atoms. The number of nitrogens with one attached hydrogen (secondary N) is 1. The molecule has 0 aromatic heterocycles. The van der Waals surface area contributed by atoms with E-state index in [0.717, 1.165) is 0 Å². The minimum atomic E-state index is -4.69. The highest BCUT2D eigenvalue weighted by Gasteiger charge is 2.42. The maximum Gasteiger partial charge on any atom is 0.522 e. The van der Waals surface area contributed by atoms with Crippen molar-refractivity contribution in [3.05, 3.63) is 0 Å². The topological polar surface area (TPSA) is 86.3 Å². The maximum atomic E-state index is 12.0. The van der Waals surface area contributed by atoms with Crippen molar-refractivity contribution in [2.24, 2.45) is 0 Å². The fourth-order valence-corrected chi connectivity index (χ4v) is 3.39. The zero-order valence-corrected chi connectivity index (χ0v) is 16.2. The van der Waals surface area contributed by atoms with Crippen LogP contribution in [0.25, 0.3) is 0 Å². The number of nitrogens with zero attached hydrogens (tertiary/aromatic N) is 1. The molecule has 2 saturated carbocycles. The molecule has 0 aromatic carbocycles. The van der Waals surface area contributed by atoms with Gasteiger partial charge in [0, 0.05) is 38.8 Å². The van der Waals surface area contributed by atoms with Crippen LogP contribution in [0.15, 0.2) is 0 Å². The van der Waals surface area contributed by atoms with Gasteiger partial charge in [0.2, 0.25) is 11.8 Å². The molecule has 0 bridgehead atoms. The third-order valence-corrected chi connectivity index (χ3v) is 5.20. The molecule has 0 atom stereocenters. The summed E-state index contributed by atoms with van der Waals surface area (Å²) in [5, 5.41) is 2.64. The Morgan fingerprint density at radius 1 is 0.774 bits per heavy atom. The van der Waals surface area contributed by atoms with Gasteiger partial charge >= 0.3 is 12.7 Å². The molecule has 0 spiro atoms. The van der Waals surface area contributed by atoms with Crippen molar-refractivity contribution in [3.63, 3.8) is 0 Å². The van der Waals surface area contributed by atoms with E-state index in [1.165, 1.54) is 4.90 Å². The van der Waals surface area contributed by atoms with E-state index in [2.05, 4.69) is 14.8 Å². The van der Waals surface area contributed by atoms with E-state index in [1.807, 2.05) is 0 Å². The van der Waals surface area contributed by atoms with Crippen molar-refractivity contribution in [2.45, 2.75) is 68.9 Å². The smallest absolute Gasteiger partial charge is 0.368 e. The summed E-state index contributed by atoms with van der Waals surface area (Å²) in [5.74, 6) is -0.786. The van der Waals surface area contributed by atoms with Crippen LogP contribution in [0, 0.1) is 0 Å². The third-order valence-electron chi connectivity index (χ3n) is 5.20. The number of carbonyl (C=O) groups is 2. The molecule has 0 aromatic rings. The summed E-state index contributed by atoms with van der Waals surface area (Å²) < 4.78 is 90.3. The largest absolute Gasteiger partial charge is 0.522 e. The van der Waals surface area contributed by atoms with Crippen LogP contribution >= 0.6 is 0 Å². The van der Waals surface area contributed by atoms with Crippen LogP contribution in [0.2, 0.25) is 0 Å². The highest BCUT2D eigenvalue weighted by molar-refractivity contribution is 5.80. The molecule has 3 fully saturated rings. The number of ether oxygens (including phenoxy) is 4. The van der Waals surface area contributed by atoms with Gasteiger partial charge in [-0.05, 0) is 0 Å². The van der Waals surface area contributed by atoms with E-state index in [1.54, 1.807) is 0 Å². The molecule has 8 nitrogen and oxygen atoms in total. The molecule has 1 N–H and O–H groups in total. The first kappa shape index (κ1) is 24.0. The number of carbonyl (C=O) groups excluding carboxylic acids is 2. The van der Waals surface area contributed by atoms with E-state index < -0.39 is 43.0 Å². The summed E-state index contributed by atoms with van der Waals surface area (Å²) in [6.07, 6.45) is -12.0. The molecule has 14 heteroatoms. The molecule has 1 heterocycles. The second kappa shape index (κ2) is 9.46. The molecule has 0 radical (unpaired) electrons. The van der Waals surface area contributed by atoms with E-state index in [-0.39, 0.29) is 63.9 Å². The Labute approximate surface area is 173 Å². The number of likely N-dealkylation sites (tertiary alicyclic amines) is 1. The molecule has 1 aliphatic heterocycles. The van der Waals surface area contributed by atoms with E-state index in [4.69, 9.17) is 9.47 Å². The molecule has 178 valence electrons. The zero-order valence-electron chi connectivity index (χ0n) is 16.2. The first-order chi connectivity index (χ1) is 14.4. The van der Waals surface area contributed by atoms with Crippen LogP contribution in [0.1, 0.15) is 25.7 Å². The second-order valence-corrected chi connectivity index (χ2v) is 7.74. The van der Waals surface area contributed by atoms with Gasteiger partial charge in [-0.1, -0.05) is 0 Å². The highest BCUT2D eigenvalue weighted by atomic mass is 19.4. The standard InChI is InChI=1S/C17H22F6N2O6/c18-16(19,20)30-12-1-10(2-12)28-7-14(26)24-9-5-25(6-9)15(27)8-29-11-3-13(4-11)31-17(21,22)23/h9-13H,1-8H2,(H,24,26). The van der Waals surface area contributed by atoms with E-state index in [9.17, 15) is 35.9 Å². The minimum Gasteiger partial charge on any atom is -0.368 e. The van der Waals surface area contributed by atoms with Gasteiger partial charge in [-0.2, -0.15) is 0 Å². The van der Waals surface area contributed by atoms with Crippen LogP contribution in [0.3, 0.4) is 0 Å². The highest BCUT2D eigenvalue weighted by Crippen LogP contribution is 2.33. The summed E-state index contributed by atoms with van der Waals surface area (Å²) in [6, 6.07) is -0.281. The minimum absolute atomic E-state index is 0.0581. The van der Waals surface area contributed by atoms with Crippen molar-refractivity contribution >= 4 is 11.8 Å². The summed E-state index contributed by atoms with van der Waals surface area (Å²) in [4.78, 5) is 25.2. The lowest BCUT2D eigenvalue weighted by atomic mass is 9.92. The summed E-state index contributed by atoms with van der Waals surface area (Å²) in [7, 11) is 0. The Morgan fingerprint density at radius 3 is 1.68 bits per heavy atom. The number of amides is 2. The van der Waals surface area contributed by atoms with E-state index >= 15 is 0 Å². The van der Waals surface area contributed by atoms with Crippen LogP contribution in [-0.2, 0) is 28.5 Å².